The summed E-state index contributed by atoms with van der Waals surface area (Å²) in [5.74, 6) is -11.4. The molecule has 4 rings (SSSR count). The molecule has 2 fully saturated rings. The maximum absolute atomic E-state index is 15.4. The third kappa shape index (κ3) is 27.2. The minimum atomic E-state index is -5.16. The number of alkyl halides is 3. The number of benzene rings is 2. The van der Waals surface area contributed by atoms with E-state index in [4.69, 9.17) is 9.47 Å². The fraction of sp³-hybridized carbons (Fsp3) is 0.680. The average Bonchev–Trinajstić information content (AvgIpc) is 0.815. The molecule has 105 heavy (non-hydrogen) atoms. The van der Waals surface area contributed by atoms with Gasteiger partial charge in [0, 0.05) is 75.3 Å². The zero-order chi connectivity index (χ0) is 79.1. The lowest BCUT2D eigenvalue weighted by Crippen LogP contribution is -2.62. The van der Waals surface area contributed by atoms with E-state index in [1.807, 2.05) is 27.7 Å². The number of rotatable bonds is 19. The highest BCUT2D eigenvalue weighted by Crippen LogP contribution is 2.25. The fourth-order valence-corrected chi connectivity index (χ4v) is 12.4. The second kappa shape index (κ2) is 41.0. The Morgan fingerprint density at radius 1 is 0.514 bits per heavy atom. The minimum absolute atomic E-state index is 0.00554. The molecular formula is C75H117F3N12O15. The maximum atomic E-state index is 15.4. The molecule has 0 radical (unpaired) electrons. The van der Waals surface area contributed by atoms with Gasteiger partial charge in [-0.25, -0.2) is 0 Å². The summed E-state index contributed by atoms with van der Waals surface area (Å²) in [5, 5.41) is 20.9. The first-order chi connectivity index (χ1) is 49.0. The van der Waals surface area contributed by atoms with Crippen molar-refractivity contribution in [3.05, 3.63) is 71.8 Å². The smallest absolute Gasteiger partial charge is 0.382 e. The molecule has 5 N–H and O–H groups in total. The molecule has 11 atom stereocenters. The number of hydrogen-bond acceptors (Lipinski definition) is 15. The Bertz CT molecular complexity index is 3240. The van der Waals surface area contributed by atoms with Gasteiger partial charge in [-0.05, 0) is 94.1 Å². The predicted octanol–water partition coefficient (Wildman–Crippen LogP) is 3.82. The van der Waals surface area contributed by atoms with E-state index in [9.17, 15) is 47.0 Å². The van der Waals surface area contributed by atoms with E-state index >= 15 is 28.8 Å². The van der Waals surface area contributed by atoms with Gasteiger partial charge in [0.2, 0.25) is 70.9 Å². The number of piperidine rings is 1. The lowest BCUT2D eigenvalue weighted by molar-refractivity contribution is -0.217. The normalized spacial score (nSPS) is 24.3. The van der Waals surface area contributed by atoms with Crippen LogP contribution in [0.15, 0.2) is 60.7 Å². The molecule has 2 heterocycles. The molecule has 2 aliphatic heterocycles. The van der Waals surface area contributed by atoms with Crippen LogP contribution in [0.5, 0.6) is 0 Å². The lowest BCUT2D eigenvalue weighted by atomic mass is 9.95. The highest BCUT2D eigenvalue weighted by molar-refractivity contribution is 6.00. The molecule has 0 bridgehead atoms. The van der Waals surface area contributed by atoms with Gasteiger partial charge in [0.15, 0.2) is 6.10 Å². The van der Waals surface area contributed by atoms with Crippen LogP contribution in [0.25, 0.3) is 0 Å². The number of ether oxygens (including phenoxy) is 2. The zero-order valence-electron chi connectivity index (χ0n) is 64.8. The minimum Gasteiger partial charge on any atom is -0.382 e. The van der Waals surface area contributed by atoms with Crippen molar-refractivity contribution in [2.75, 3.05) is 95.3 Å². The molecule has 30 heteroatoms. The molecule has 0 aromatic heterocycles. The van der Waals surface area contributed by atoms with Gasteiger partial charge in [0.25, 0.3) is 0 Å². The Hall–Kier alpha value is -8.25. The topological polar surface area (TPSA) is 318 Å². The van der Waals surface area contributed by atoms with Crippen molar-refractivity contribution in [3.8, 4) is 0 Å². The molecule has 2 aliphatic rings. The Morgan fingerprint density at radius 3 is 1.37 bits per heavy atom. The number of amides is 12. The van der Waals surface area contributed by atoms with Crippen LogP contribution < -0.4 is 21.3 Å². The van der Waals surface area contributed by atoms with Crippen molar-refractivity contribution in [2.45, 2.75) is 213 Å². The Kier molecular flexibility index (Phi) is 34.8. The van der Waals surface area contributed by atoms with Crippen molar-refractivity contribution in [1.82, 2.24) is 60.5 Å². The van der Waals surface area contributed by atoms with Gasteiger partial charge < -0.3 is 75.0 Å². The summed E-state index contributed by atoms with van der Waals surface area (Å²) in [4.78, 5) is 189. The van der Waals surface area contributed by atoms with Crippen molar-refractivity contribution >= 4 is 70.9 Å². The van der Waals surface area contributed by atoms with Gasteiger partial charge in [-0.1, -0.05) is 122 Å². The summed E-state index contributed by atoms with van der Waals surface area (Å²) < 4.78 is 52.7. The van der Waals surface area contributed by atoms with Gasteiger partial charge in [0.05, 0.1) is 44.9 Å². The largest absolute Gasteiger partial charge is 0.416 e. The van der Waals surface area contributed by atoms with Crippen LogP contribution in [0.4, 0.5) is 13.2 Å². The van der Waals surface area contributed by atoms with Crippen LogP contribution in [-0.4, -0.2) is 283 Å². The molecule has 2 saturated heterocycles. The molecule has 2 aromatic rings. The quantitative estimate of drug-likeness (QED) is 0.134. The van der Waals surface area contributed by atoms with Crippen LogP contribution in [0, 0.1) is 23.7 Å². The van der Waals surface area contributed by atoms with Crippen molar-refractivity contribution in [3.63, 3.8) is 0 Å². The van der Waals surface area contributed by atoms with Crippen molar-refractivity contribution in [2.24, 2.45) is 23.7 Å². The van der Waals surface area contributed by atoms with Gasteiger partial charge in [-0.2, -0.15) is 13.2 Å². The Balaban J connectivity index is 2.00. The number of nitrogens with zero attached hydrogens (tertiary/aromatic N) is 8. The van der Waals surface area contributed by atoms with Crippen molar-refractivity contribution < 1.29 is 85.3 Å². The Morgan fingerprint density at radius 2 is 0.924 bits per heavy atom. The highest BCUT2D eigenvalue weighted by Gasteiger charge is 2.44. The molecule has 12 amide bonds. The van der Waals surface area contributed by atoms with Gasteiger partial charge in [-0.3, -0.25) is 57.5 Å². The van der Waals surface area contributed by atoms with Crippen LogP contribution in [0.3, 0.4) is 0 Å². The SMILES string of the molecule is CC[C@H](C)[C@@H]1NC(=O)[C@H](CC(C)C)N(C)C(=O)[C@H](COCC(O)C(F)(F)F)NC(=O)[C@H](Cc2ccccc2)N(C)C(=O)CN(C)C(=O)C[C@@H](C(=O)N2CCCCC2)NC(=O)[C@H](CC(C)C)N(C)C(=O)[C@H](COC(C)(C)C)NC(=O)[C@H](CC(C)C)N(C)C(=O)[C@H](Cc2ccccc2)N(C)C(=O)CN(C)C1=O. The molecule has 1 unspecified atom stereocenters. The molecular weight excluding hydrogens is 1370 g/mol. The summed E-state index contributed by atoms with van der Waals surface area (Å²) in [6, 6.07) is 3.69. The number of aliphatic hydroxyl groups is 1. The van der Waals surface area contributed by atoms with Gasteiger partial charge in [0.1, 0.15) is 54.4 Å². The monoisotopic (exact) mass is 1480 g/mol. The summed E-state index contributed by atoms with van der Waals surface area (Å²) in [6.07, 6.45) is -6.91. The van der Waals surface area contributed by atoms with Crippen LogP contribution >= 0.6 is 0 Å². The van der Waals surface area contributed by atoms with E-state index in [2.05, 4.69) is 21.3 Å². The number of likely N-dealkylation sites (tertiary alicyclic amines) is 1. The third-order valence-corrected chi connectivity index (χ3v) is 19.1. The highest BCUT2D eigenvalue weighted by atomic mass is 19.4. The summed E-state index contributed by atoms with van der Waals surface area (Å²) >= 11 is 0. The number of halogens is 3. The molecule has 0 aliphatic carbocycles. The van der Waals surface area contributed by atoms with E-state index in [1.165, 1.54) is 64.0 Å². The maximum Gasteiger partial charge on any atom is 0.416 e. The van der Waals surface area contributed by atoms with E-state index in [1.54, 1.807) is 109 Å². The van der Waals surface area contributed by atoms with Crippen LogP contribution in [0.1, 0.15) is 139 Å². The molecule has 0 spiro atoms. The molecule has 0 saturated carbocycles. The second-order valence-corrected chi connectivity index (χ2v) is 30.3. The fourth-order valence-electron chi connectivity index (χ4n) is 12.4. The van der Waals surface area contributed by atoms with Crippen LogP contribution in [-0.2, 0) is 79.8 Å². The third-order valence-electron chi connectivity index (χ3n) is 19.1. The van der Waals surface area contributed by atoms with Crippen LogP contribution in [0.2, 0.25) is 0 Å². The number of carbonyl (C=O) groups excluding carboxylic acids is 12. The van der Waals surface area contributed by atoms with E-state index < -0.39 is 188 Å². The molecule has 2 aromatic carbocycles. The first-order valence-electron chi connectivity index (χ1n) is 36.3. The van der Waals surface area contributed by atoms with Gasteiger partial charge in [-0.15, -0.1) is 0 Å². The zero-order valence-corrected chi connectivity index (χ0v) is 64.8. The molecule has 27 nitrogen and oxygen atoms in total. The first kappa shape index (κ1) is 89.1. The average molecular weight is 1480 g/mol. The second-order valence-electron chi connectivity index (χ2n) is 30.3. The number of aliphatic hydroxyl groups excluding tert-OH is 1. The number of carbonyl (C=O) groups is 12. The number of likely N-dealkylation sites (N-methyl/N-ethyl adjacent to an activating group) is 7. The Labute approximate surface area is 617 Å². The standard InChI is InChI=1S/C75H117F3N12O15/c1-19-49(8)64-73(103)84(13)42-63(94)86(15)59(39-51-31-25-21-26-32-51)72(102)89(18)56(36-47(4)5)66(96)81-54(44-105-74(9,10)11)70(100)87(16)55(35-46(2)3)65(95)79-52(71(101)90-33-27-22-28-34-90)40-61(92)83(12)41-62(93)85(14)58(38-50-29-23-20-24-30-50)67(97)80-53(43-104-45-60(91)75(76,77)78)69(99)88(17)57(37-48(6)7)68(98)82-64/h20-21,23-26,29-32,46-49,52-60,64,91H,19,22,27-28,33-45H2,1-18H3,(H,79,95)(H,80,97)(H,81,96)(H,82,98)/t49-,52-,53-,54-,55-,56-,57-,58-,59-,60?,64-/m0/s1. The van der Waals surface area contributed by atoms with E-state index in [0.717, 1.165) is 30.9 Å². The van der Waals surface area contributed by atoms with Gasteiger partial charge >= 0.3 is 6.18 Å². The molecule has 588 valence electrons. The lowest BCUT2D eigenvalue weighted by Gasteiger charge is -2.37. The predicted molar refractivity (Wildman–Crippen MR) is 388 cm³/mol. The summed E-state index contributed by atoms with van der Waals surface area (Å²) in [7, 11) is 9.20. The number of nitrogens with one attached hydrogen (secondary N) is 4. The van der Waals surface area contributed by atoms with E-state index in [-0.39, 0.29) is 49.9 Å². The number of hydrogen-bond donors (Lipinski definition) is 5. The summed E-state index contributed by atoms with van der Waals surface area (Å²) in [5.41, 5.74) is 0.229. The first-order valence-corrected chi connectivity index (χ1v) is 36.3. The van der Waals surface area contributed by atoms with E-state index in [0.29, 0.717) is 43.5 Å². The summed E-state index contributed by atoms with van der Waals surface area (Å²) in [6.45, 7) is 15.8. The van der Waals surface area contributed by atoms with Crippen molar-refractivity contribution in [1.29, 1.82) is 0 Å².